The van der Waals surface area contributed by atoms with Gasteiger partial charge in [0.15, 0.2) is 0 Å². The lowest BCUT2D eigenvalue weighted by atomic mass is 10.2. The highest BCUT2D eigenvalue weighted by atomic mass is 35.5. The van der Waals surface area contributed by atoms with E-state index in [1.807, 2.05) is 0 Å². The maximum atomic E-state index is 14.4. The molecule has 0 fully saturated rings. The van der Waals surface area contributed by atoms with E-state index in [1.165, 1.54) is 25.3 Å². The van der Waals surface area contributed by atoms with Gasteiger partial charge in [-0.3, -0.25) is 10.1 Å². The molecule has 176 valence electrons. The zero-order valence-electron chi connectivity index (χ0n) is 18.3. The minimum absolute atomic E-state index is 0.110. The number of ether oxygens (including phenoxy) is 1. The fourth-order valence-electron chi connectivity index (χ4n) is 3.78. The molecule has 0 atom stereocenters. The van der Waals surface area contributed by atoms with Crippen LogP contribution in [0.25, 0.3) is 33.5 Å². The summed E-state index contributed by atoms with van der Waals surface area (Å²) in [6.07, 6.45) is 0. The molecule has 0 radical (unpaired) electrons. The van der Waals surface area contributed by atoms with Crippen LogP contribution in [0.5, 0.6) is 0 Å². The highest BCUT2D eigenvalue weighted by Gasteiger charge is 2.19. The van der Waals surface area contributed by atoms with Gasteiger partial charge < -0.3 is 14.3 Å². The summed E-state index contributed by atoms with van der Waals surface area (Å²) in [6, 6.07) is 12.3. The van der Waals surface area contributed by atoms with E-state index in [2.05, 4.69) is 20.3 Å². The van der Waals surface area contributed by atoms with Crippen molar-refractivity contribution in [2.24, 2.45) is 7.05 Å². The first-order chi connectivity index (χ1) is 16.8. The number of H-pyrrole nitrogens is 1. The molecule has 11 heteroatoms. The third-order valence-corrected chi connectivity index (χ3v) is 6.13. The van der Waals surface area contributed by atoms with E-state index in [-0.39, 0.29) is 32.9 Å². The van der Waals surface area contributed by atoms with Gasteiger partial charge in [0.2, 0.25) is 5.95 Å². The van der Waals surface area contributed by atoms with Gasteiger partial charge in [-0.25, -0.2) is 19.2 Å². The number of hydrogen-bond donors (Lipinski definition) is 2. The van der Waals surface area contributed by atoms with Gasteiger partial charge >= 0.3 is 5.97 Å². The normalized spacial score (nSPS) is 11.2. The summed E-state index contributed by atoms with van der Waals surface area (Å²) < 4.78 is 20.8. The van der Waals surface area contributed by atoms with E-state index in [0.717, 1.165) is 0 Å². The van der Waals surface area contributed by atoms with Crippen LogP contribution in [0.2, 0.25) is 10.0 Å². The van der Waals surface area contributed by atoms with Gasteiger partial charge in [0.1, 0.15) is 17.2 Å². The molecule has 1 amide bonds. The Morgan fingerprint density at radius 1 is 1.06 bits per heavy atom. The number of fused-ring (bicyclic) bond motifs is 2. The summed E-state index contributed by atoms with van der Waals surface area (Å²) in [4.78, 5) is 36.6. The van der Waals surface area contributed by atoms with Crippen LogP contribution in [-0.4, -0.2) is 38.5 Å². The van der Waals surface area contributed by atoms with Gasteiger partial charge in [0, 0.05) is 12.6 Å². The van der Waals surface area contributed by atoms with Crippen molar-refractivity contribution >= 4 is 63.1 Å². The molecule has 8 nitrogen and oxygen atoms in total. The largest absolute Gasteiger partial charge is 0.465 e. The first-order valence-corrected chi connectivity index (χ1v) is 11.0. The van der Waals surface area contributed by atoms with Crippen molar-refractivity contribution in [2.45, 2.75) is 0 Å². The molecular formula is C24H16Cl2FN5O3. The molecule has 0 saturated carbocycles. The number of rotatable bonds is 4. The van der Waals surface area contributed by atoms with Crippen molar-refractivity contribution in [3.63, 3.8) is 0 Å². The van der Waals surface area contributed by atoms with Crippen LogP contribution in [0.1, 0.15) is 20.7 Å². The lowest BCUT2D eigenvalue weighted by Crippen LogP contribution is -2.15. The van der Waals surface area contributed by atoms with Crippen LogP contribution in [0.3, 0.4) is 0 Å². The lowest BCUT2D eigenvalue weighted by molar-refractivity contribution is 0.0600. The van der Waals surface area contributed by atoms with Crippen LogP contribution >= 0.6 is 23.2 Å². The molecule has 5 aromatic rings. The summed E-state index contributed by atoms with van der Waals surface area (Å²) in [6.45, 7) is 0. The molecule has 2 N–H and O–H groups in total. The Balaban J connectivity index is 1.49. The number of amides is 1. The van der Waals surface area contributed by atoms with Gasteiger partial charge in [0.05, 0.1) is 44.8 Å². The number of aryl methyl sites for hydroxylation is 1. The van der Waals surface area contributed by atoms with Gasteiger partial charge in [0.25, 0.3) is 5.91 Å². The summed E-state index contributed by atoms with van der Waals surface area (Å²) in [5.41, 5.74) is 2.72. The van der Waals surface area contributed by atoms with E-state index in [4.69, 9.17) is 27.9 Å². The topological polar surface area (TPSA) is 102 Å². The molecule has 2 aromatic heterocycles. The maximum Gasteiger partial charge on any atom is 0.337 e. The number of nitrogens with zero attached hydrogens (tertiary/aromatic N) is 3. The maximum absolute atomic E-state index is 14.4. The van der Waals surface area contributed by atoms with Crippen molar-refractivity contribution in [2.75, 3.05) is 12.4 Å². The third-order valence-electron chi connectivity index (χ3n) is 5.53. The number of carbonyl (C=O) groups excluding carboxylic acids is 2. The first-order valence-electron chi connectivity index (χ1n) is 10.3. The number of esters is 1. The fourth-order valence-corrected chi connectivity index (χ4v) is 4.29. The molecule has 3 aromatic carbocycles. The standard InChI is InChI=1S/C24H16Cl2FN5O3/c1-32-18-7-6-11(23(34)35-2)9-16(18)29-24(32)31-22(33)12-8-14(26)20-17(10-12)28-21(30-20)19-13(25)4-3-5-15(19)27/h3-10H,1-2H3,(H,28,30)(H,29,31,33). The molecule has 0 saturated heterocycles. The van der Waals surface area contributed by atoms with Crippen molar-refractivity contribution in [3.8, 4) is 11.4 Å². The summed E-state index contributed by atoms with van der Waals surface area (Å²) >= 11 is 12.5. The Hall–Kier alpha value is -3.95. The summed E-state index contributed by atoms with van der Waals surface area (Å²) in [7, 11) is 3.03. The first kappa shape index (κ1) is 22.8. The summed E-state index contributed by atoms with van der Waals surface area (Å²) in [5, 5.41) is 3.14. The van der Waals surface area contributed by atoms with Crippen LogP contribution in [0, 0.1) is 5.82 Å². The van der Waals surface area contributed by atoms with Crippen molar-refractivity contribution < 1.29 is 18.7 Å². The van der Waals surface area contributed by atoms with E-state index in [1.54, 1.807) is 41.9 Å². The Bertz CT molecular complexity index is 1640. The minimum Gasteiger partial charge on any atom is -0.465 e. The number of methoxy groups -OCH3 is 1. The van der Waals surface area contributed by atoms with Crippen LogP contribution in [0.4, 0.5) is 10.3 Å². The van der Waals surface area contributed by atoms with Gasteiger partial charge in [-0.2, -0.15) is 0 Å². The number of aromatic amines is 1. The highest BCUT2D eigenvalue weighted by Crippen LogP contribution is 2.32. The zero-order valence-corrected chi connectivity index (χ0v) is 19.8. The number of aromatic nitrogens is 4. The van der Waals surface area contributed by atoms with Gasteiger partial charge in [-0.15, -0.1) is 0 Å². The second-order valence-corrected chi connectivity index (χ2v) is 8.49. The smallest absolute Gasteiger partial charge is 0.337 e. The SMILES string of the molecule is COC(=O)c1ccc2c(c1)nc(NC(=O)c1cc(Cl)c3nc(-c4c(F)cccc4Cl)[nH]c3c1)n2C. The van der Waals surface area contributed by atoms with E-state index in [0.29, 0.717) is 27.6 Å². The molecule has 5 rings (SSSR count). The number of halogens is 3. The number of imidazole rings is 2. The van der Waals surface area contributed by atoms with Crippen molar-refractivity contribution in [1.82, 2.24) is 19.5 Å². The second kappa shape index (κ2) is 8.68. The highest BCUT2D eigenvalue weighted by molar-refractivity contribution is 6.36. The average Bonchev–Trinajstić information content (AvgIpc) is 3.39. The van der Waals surface area contributed by atoms with E-state index >= 15 is 0 Å². The summed E-state index contributed by atoms with van der Waals surface area (Å²) in [5.74, 6) is -1.03. The number of hydrogen-bond acceptors (Lipinski definition) is 5. The Morgan fingerprint density at radius 2 is 1.86 bits per heavy atom. The average molecular weight is 512 g/mol. The van der Waals surface area contributed by atoms with Crippen LogP contribution in [0.15, 0.2) is 48.5 Å². The molecule has 0 aliphatic heterocycles. The molecule has 0 spiro atoms. The Labute approximate surface area is 207 Å². The molecule has 2 heterocycles. The monoisotopic (exact) mass is 511 g/mol. The molecule has 35 heavy (non-hydrogen) atoms. The Kier molecular flexibility index (Phi) is 5.66. The number of nitrogens with one attached hydrogen (secondary N) is 2. The Morgan fingerprint density at radius 3 is 2.60 bits per heavy atom. The predicted octanol–water partition coefficient (Wildman–Crippen LogP) is 5.60. The van der Waals surface area contributed by atoms with Gasteiger partial charge in [-0.1, -0.05) is 29.3 Å². The quantitative estimate of drug-likeness (QED) is 0.305. The molecule has 0 bridgehead atoms. The van der Waals surface area contributed by atoms with E-state index < -0.39 is 17.7 Å². The fraction of sp³-hybridized carbons (Fsp3) is 0.0833. The van der Waals surface area contributed by atoms with Crippen molar-refractivity contribution in [3.05, 3.63) is 75.5 Å². The molecule has 0 aliphatic rings. The third kappa shape index (κ3) is 3.98. The number of anilines is 1. The second-order valence-electron chi connectivity index (χ2n) is 7.68. The minimum atomic E-state index is -0.539. The molecule has 0 aliphatic carbocycles. The molecule has 0 unspecified atom stereocenters. The van der Waals surface area contributed by atoms with Crippen molar-refractivity contribution in [1.29, 1.82) is 0 Å². The predicted molar refractivity (Wildman–Crippen MR) is 132 cm³/mol. The van der Waals surface area contributed by atoms with Crippen LogP contribution in [-0.2, 0) is 11.8 Å². The van der Waals surface area contributed by atoms with E-state index in [9.17, 15) is 14.0 Å². The molecular weight excluding hydrogens is 496 g/mol. The number of carbonyl (C=O) groups is 2. The number of benzene rings is 3. The zero-order chi connectivity index (χ0) is 24.9. The van der Waals surface area contributed by atoms with Gasteiger partial charge in [-0.05, 0) is 42.5 Å². The van der Waals surface area contributed by atoms with Crippen LogP contribution < -0.4 is 5.32 Å². The lowest BCUT2D eigenvalue weighted by Gasteiger charge is -2.06.